The Kier molecular flexibility index (Phi) is 9.38. The molecule has 1 atom stereocenters. The second kappa shape index (κ2) is 14.2. The standard InChI is InChI=1S/C36H37F2N7O4/c1-3-35(46)42-28-17-29(32(47-2)18-31(28)44-13-11-43(12-14-44)25-20-48-21-25)41-33-19-34(40-22-39-33)45-30(10-15-49-45)24-7-4-6-23(16-24)26-8-5-9-27(37)36(26)38/h3-9,16-19,22,25,30H,1,10-15,20-21H2,2H3,(H,42,46)(H,39,40,41). The number of hydroxylamine groups is 1. The van der Waals surface area contributed by atoms with Crippen molar-refractivity contribution < 1.29 is 27.9 Å². The first-order chi connectivity index (χ1) is 23.9. The summed E-state index contributed by atoms with van der Waals surface area (Å²) in [5, 5.41) is 8.00. The van der Waals surface area contributed by atoms with E-state index in [0.29, 0.717) is 53.4 Å². The Morgan fingerprint density at radius 2 is 1.84 bits per heavy atom. The van der Waals surface area contributed by atoms with Crippen LogP contribution in [-0.2, 0) is 14.4 Å². The molecule has 0 radical (unpaired) electrons. The molecule has 4 heterocycles. The lowest BCUT2D eigenvalue weighted by molar-refractivity contribution is -0.111. The van der Waals surface area contributed by atoms with Gasteiger partial charge in [0.1, 0.15) is 17.9 Å². The number of ether oxygens (including phenoxy) is 2. The van der Waals surface area contributed by atoms with E-state index in [0.717, 1.165) is 56.7 Å². The average Bonchev–Trinajstić information content (AvgIpc) is 3.60. The topological polar surface area (TPSA) is 104 Å². The molecule has 3 saturated heterocycles. The number of methoxy groups -OCH3 is 1. The lowest BCUT2D eigenvalue weighted by atomic mass is 9.98. The number of piperazine rings is 1. The molecule has 3 aliphatic heterocycles. The first-order valence-corrected chi connectivity index (χ1v) is 16.2. The number of aromatic nitrogens is 2. The molecular weight excluding hydrogens is 632 g/mol. The van der Waals surface area contributed by atoms with Crippen molar-refractivity contribution in [3.05, 3.63) is 96.8 Å². The zero-order chi connectivity index (χ0) is 33.9. The molecule has 254 valence electrons. The molecule has 0 bridgehead atoms. The predicted molar refractivity (Wildman–Crippen MR) is 183 cm³/mol. The van der Waals surface area contributed by atoms with Crippen LogP contribution in [0.3, 0.4) is 0 Å². The second-order valence-electron chi connectivity index (χ2n) is 12.1. The van der Waals surface area contributed by atoms with Gasteiger partial charge in [0.2, 0.25) is 5.91 Å². The van der Waals surface area contributed by atoms with Gasteiger partial charge in [-0.15, -0.1) is 0 Å². The van der Waals surface area contributed by atoms with E-state index in [1.54, 1.807) is 30.4 Å². The predicted octanol–water partition coefficient (Wildman–Crippen LogP) is 5.70. The Labute approximate surface area is 283 Å². The van der Waals surface area contributed by atoms with Crippen LogP contribution in [0.5, 0.6) is 5.75 Å². The molecule has 3 aliphatic rings. The normalized spacial score (nSPS) is 18.2. The van der Waals surface area contributed by atoms with Crippen LogP contribution in [0.1, 0.15) is 18.0 Å². The maximum absolute atomic E-state index is 14.6. The minimum Gasteiger partial charge on any atom is -0.494 e. The lowest BCUT2D eigenvalue weighted by Crippen LogP contribution is -2.56. The number of halogens is 2. The molecule has 13 heteroatoms. The quantitative estimate of drug-likeness (QED) is 0.204. The van der Waals surface area contributed by atoms with Crippen molar-refractivity contribution in [2.24, 2.45) is 0 Å². The zero-order valence-corrected chi connectivity index (χ0v) is 27.1. The molecule has 0 saturated carbocycles. The summed E-state index contributed by atoms with van der Waals surface area (Å²) in [6.07, 6.45) is 3.33. The molecule has 1 amide bonds. The van der Waals surface area contributed by atoms with E-state index in [4.69, 9.17) is 14.3 Å². The third-order valence-electron chi connectivity index (χ3n) is 9.13. The van der Waals surface area contributed by atoms with Crippen molar-refractivity contribution in [3.8, 4) is 16.9 Å². The van der Waals surface area contributed by atoms with Crippen LogP contribution in [0.15, 0.2) is 79.6 Å². The van der Waals surface area contributed by atoms with Crippen LogP contribution < -0.4 is 25.3 Å². The summed E-state index contributed by atoms with van der Waals surface area (Å²) in [5.74, 6) is -0.560. The largest absolute Gasteiger partial charge is 0.494 e. The van der Waals surface area contributed by atoms with Crippen molar-refractivity contribution in [2.45, 2.75) is 18.5 Å². The van der Waals surface area contributed by atoms with E-state index in [9.17, 15) is 13.6 Å². The summed E-state index contributed by atoms with van der Waals surface area (Å²) in [6.45, 7) is 8.97. The fraction of sp³-hybridized carbons (Fsp3) is 0.306. The molecule has 3 aromatic carbocycles. The summed E-state index contributed by atoms with van der Waals surface area (Å²) in [6, 6.07) is 17.2. The highest BCUT2D eigenvalue weighted by Crippen LogP contribution is 2.40. The molecule has 4 aromatic rings. The summed E-state index contributed by atoms with van der Waals surface area (Å²) in [4.78, 5) is 32.1. The highest BCUT2D eigenvalue weighted by Gasteiger charge is 2.31. The number of amides is 1. The summed E-state index contributed by atoms with van der Waals surface area (Å²) >= 11 is 0. The van der Waals surface area contributed by atoms with Gasteiger partial charge in [-0.05, 0) is 35.4 Å². The van der Waals surface area contributed by atoms with Gasteiger partial charge in [-0.3, -0.25) is 14.5 Å². The lowest BCUT2D eigenvalue weighted by Gasteiger charge is -2.43. The van der Waals surface area contributed by atoms with E-state index in [2.05, 4.69) is 37.0 Å². The first kappa shape index (κ1) is 32.4. The number of hydrogen-bond donors (Lipinski definition) is 2. The maximum Gasteiger partial charge on any atom is 0.247 e. The van der Waals surface area contributed by atoms with Crippen LogP contribution in [0.25, 0.3) is 11.1 Å². The average molecular weight is 670 g/mol. The molecule has 0 spiro atoms. The third-order valence-corrected chi connectivity index (χ3v) is 9.13. The van der Waals surface area contributed by atoms with Crippen LogP contribution >= 0.6 is 0 Å². The smallest absolute Gasteiger partial charge is 0.247 e. The molecule has 2 N–H and O–H groups in total. The maximum atomic E-state index is 14.6. The Bertz CT molecular complexity index is 1850. The van der Waals surface area contributed by atoms with Gasteiger partial charge in [-0.25, -0.2) is 23.8 Å². The molecule has 49 heavy (non-hydrogen) atoms. The Hall–Kier alpha value is -5.11. The Balaban J connectivity index is 1.13. The number of hydrogen-bond acceptors (Lipinski definition) is 10. The molecular formula is C36H37F2N7O4. The fourth-order valence-electron chi connectivity index (χ4n) is 6.46. The third kappa shape index (κ3) is 6.77. The van der Waals surface area contributed by atoms with Gasteiger partial charge in [0.25, 0.3) is 0 Å². The Morgan fingerprint density at radius 1 is 1.02 bits per heavy atom. The van der Waals surface area contributed by atoms with Crippen LogP contribution in [0.2, 0.25) is 0 Å². The fourth-order valence-corrected chi connectivity index (χ4v) is 6.46. The van der Waals surface area contributed by atoms with Gasteiger partial charge in [-0.2, -0.15) is 0 Å². The number of anilines is 5. The van der Waals surface area contributed by atoms with E-state index >= 15 is 0 Å². The van der Waals surface area contributed by atoms with Crippen molar-refractivity contribution in [3.63, 3.8) is 0 Å². The van der Waals surface area contributed by atoms with Gasteiger partial charge >= 0.3 is 0 Å². The van der Waals surface area contributed by atoms with E-state index < -0.39 is 11.6 Å². The van der Waals surface area contributed by atoms with E-state index in [1.807, 2.05) is 30.3 Å². The highest BCUT2D eigenvalue weighted by atomic mass is 19.2. The Morgan fingerprint density at radius 3 is 2.59 bits per heavy atom. The van der Waals surface area contributed by atoms with E-state index in [1.165, 1.54) is 18.5 Å². The number of nitrogens with zero attached hydrogens (tertiary/aromatic N) is 5. The van der Waals surface area contributed by atoms with Crippen molar-refractivity contribution >= 4 is 34.6 Å². The molecule has 11 nitrogen and oxygen atoms in total. The number of nitrogens with one attached hydrogen (secondary N) is 2. The van der Waals surface area contributed by atoms with Crippen molar-refractivity contribution in [1.82, 2.24) is 14.9 Å². The molecule has 1 aromatic heterocycles. The minimum atomic E-state index is -0.894. The SMILES string of the molecule is C=CC(=O)Nc1cc(Nc2cc(N3OCCC3c3cccc(-c4cccc(F)c4F)c3)ncn2)c(OC)cc1N1CCN(C2COC2)CC1. The first-order valence-electron chi connectivity index (χ1n) is 16.2. The number of benzene rings is 3. The van der Waals surface area contributed by atoms with Crippen LogP contribution in [0.4, 0.5) is 37.5 Å². The van der Waals surface area contributed by atoms with Gasteiger partial charge in [0.15, 0.2) is 17.5 Å². The molecule has 7 rings (SSSR count). The summed E-state index contributed by atoms with van der Waals surface area (Å²) in [7, 11) is 1.60. The number of carbonyl (C=O) groups excluding carboxylic acids is 1. The van der Waals surface area contributed by atoms with Crippen LogP contribution in [-0.4, -0.2) is 79.9 Å². The minimum absolute atomic E-state index is 0.190. The molecule has 3 fully saturated rings. The molecule has 0 aliphatic carbocycles. The number of carbonyl (C=O) groups is 1. The van der Waals surface area contributed by atoms with Crippen molar-refractivity contribution in [2.75, 3.05) is 73.7 Å². The van der Waals surface area contributed by atoms with Gasteiger partial charge < -0.3 is 25.0 Å². The van der Waals surface area contributed by atoms with Gasteiger partial charge in [0.05, 0.1) is 56.1 Å². The van der Waals surface area contributed by atoms with Gasteiger partial charge in [0, 0.05) is 50.3 Å². The van der Waals surface area contributed by atoms with E-state index in [-0.39, 0.29) is 17.5 Å². The second-order valence-corrected chi connectivity index (χ2v) is 12.1. The summed E-state index contributed by atoms with van der Waals surface area (Å²) < 4.78 is 39.8. The molecule has 1 unspecified atom stereocenters. The number of rotatable bonds is 10. The van der Waals surface area contributed by atoms with Crippen LogP contribution in [0, 0.1) is 11.6 Å². The highest BCUT2D eigenvalue weighted by molar-refractivity contribution is 6.02. The summed E-state index contributed by atoms with van der Waals surface area (Å²) in [5.41, 5.74) is 3.67. The van der Waals surface area contributed by atoms with Gasteiger partial charge in [-0.1, -0.05) is 36.9 Å². The van der Waals surface area contributed by atoms with Crippen molar-refractivity contribution in [1.29, 1.82) is 0 Å². The zero-order valence-electron chi connectivity index (χ0n) is 27.1. The monoisotopic (exact) mass is 669 g/mol.